The standard InChI is InChI=1S/C24H19NO2/c26-22-16-15-20(17-9-3-1-4-10-17)25(22)24-23(18-11-5-2-6-12-18)19-13-7-8-14-21(19)27-24/h1-14,20H,15-16H2. The summed E-state index contributed by atoms with van der Waals surface area (Å²) >= 11 is 0. The molecule has 1 saturated heterocycles. The highest BCUT2D eigenvalue weighted by atomic mass is 16.4. The van der Waals surface area contributed by atoms with Crippen LogP contribution in [0, 0.1) is 0 Å². The lowest BCUT2D eigenvalue weighted by molar-refractivity contribution is -0.117. The van der Waals surface area contributed by atoms with Crippen LogP contribution in [0.15, 0.2) is 89.3 Å². The van der Waals surface area contributed by atoms with E-state index in [-0.39, 0.29) is 11.9 Å². The normalized spacial score (nSPS) is 17.0. The molecule has 1 amide bonds. The van der Waals surface area contributed by atoms with Crippen LogP contribution in [-0.2, 0) is 4.79 Å². The van der Waals surface area contributed by atoms with E-state index in [0.717, 1.165) is 34.1 Å². The maximum Gasteiger partial charge on any atom is 0.229 e. The highest BCUT2D eigenvalue weighted by Gasteiger charge is 2.37. The maximum atomic E-state index is 12.9. The molecule has 27 heavy (non-hydrogen) atoms. The quantitative estimate of drug-likeness (QED) is 0.455. The lowest BCUT2D eigenvalue weighted by Crippen LogP contribution is -2.27. The van der Waals surface area contributed by atoms with Gasteiger partial charge < -0.3 is 4.42 Å². The summed E-state index contributed by atoms with van der Waals surface area (Å²) in [5.41, 5.74) is 3.99. The van der Waals surface area contributed by atoms with Crippen LogP contribution in [0.3, 0.4) is 0 Å². The van der Waals surface area contributed by atoms with E-state index >= 15 is 0 Å². The number of anilines is 1. The van der Waals surface area contributed by atoms with Gasteiger partial charge in [-0.15, -0.1) is 0 Å². The number of rotatable bonds is 3. The Hall–Kier alpha value is -3.33. The van der Waals surface area contributed by atoms with Gasteiger partial charge in [0.1, 0.15) is 5.58 Å². The number of carbonyl (C=O) groups excluding carboxylic acids is 1. The van der Waals surface area contributed by atoms with Gasteiger partial charge in [0.25, 0.3) is 0 Å². The molecule has 0 spiro atoms. The van der Waals surface area contributed by atoms with Gasteiger partial charge in [-0.05, 0) is 23.6 Å². The molecule has 5 rings (SSSR count). The fourth-order valence-electron chi connectivity index (χ4n) is 4.02. The van der Waals surface area contributed by atoms with Crippen molar-refractivity contribution in [3.05, 3.63) is 90.5 Å². The molecule has 1 unspecified atom stereocenters. The molecule has 1 aliphatic rings. The summed E-state index contributed by atoms with van der Waals surface area (Å²) in [4.78, 5) is 14.7. The number of amides is 1. The number of para-hydroxylation sites is 1. The molecule has 0 bridgehead atoms. The molecular weight excluding hydrogens is 334 g/mol. The smallest absolute Gasteiger partial charge is 0.229 e. The Labute approximate surface area is 157 Å². The van der Waals surface area contributed by atoms with E-state index in [2.05, 4.69) is 30.3 Å². The van der Waals surface area contributed by atoms with Gasteiger partial charge in [0.2, 0.25) is 11.8 Å². The monoisotopic (exact) mass is 353 g/mol. The van der Waals surface area contributed by atoms with Gasteiger partial charge >= 0.3 is 0 Å². The van der Waals surface area contributed by atoms with Gasteiger partial charge in [-0.1, -0.05) is 78.9 Å². The molecule has 1 atom stereocenters. The van der Waals surface area contributed by atoms with Gasteiger partial charge in [-0.25, -0.2) is 0 Å². The summed E-state index contributed by atoms with van der Waals surface area (Å²) in [6, 6.07) is 28.4. The van der Waals surface area contributed by atoms with Gasteiger partial charge in [-0.3, -0.25) is 9.69 Å². The Morgan fingerprint density at radius 3 is 2.26 bits per heavy atom. The molecule has 4 aromatic rings. The largest absolute Gasteiger partial charge is 0.439 e. The molecule has 3 aromatic carbocycles. The average Bonchev–Trinajstić information content (AvgIpc) is 3.29. The minimum Gasteiger partial charge on any atom is -0.439 e. The fraction of sp³-hybridized carbons (Fsp3) is 0.125. The molecule has 0 saturated carbocycles. The summed E-state index contributed by atoms with van der Waals surface area (Å²) < 4.78 is 6.26. The Morgan fingerprint density at radius 2 is 1.48 bits per heavy atom. The topological polar surface area (TPSA) is 33.5 Å². The third kappa shape index (κ3) is 2.63. The minimum atomic E-state index is 0.00160. The van der Waals surface area contributed by atoms with Crippen LogP contribution in [-0.4, -0.2) is 5.91 Å². The molecule has 2 heterocycles. The number of nitrogens with zero attached hydrogens (tertiary/aromatic N) is 1. The van der Waals surface area contributed by atoms with E-state index in [0.29, 0.717) is 12.3 Å². The number of fused-ring (bicyclic) bond motifs is 1. The van der Waals surface area contributed by atoms with Crippen molar-refractivity contribution in [3.8, 4) is 11.1 Å². The van der Waals surface area contributed by atoms with Crippen LogP contribution in [0.4, 0.5) is 5.88 Å². The van der Waals surface area contributed by atoms with Crippen molar-refractivity contribution in [1.82, 2.24) is 0 Å². The van der Waals surface area contributed by atoms with Crippen molar-refractivity contribution in [2.75, 3.05) is 4.90 Å². The number of hydrogen-bond donors (Lipinski definition) is 0. The van der Waals surface area contributed by atoms with E-state index in [1.807, 2.05) is 59.5 Å². The zero-order chi connectivity index (χ0) is 18.2. The fourth-order valence-corrected chi connectivity index (χ4v) is 4.02. The second-order valence-electron chi connectivity index (χ2n) is 6.87. The summed E-state index contributed by atoms with van der Waals surface area (Å²) in [7, 11) is 0. The molecule has 0 aliphatic carbocycles. The molecule has 1 aromatic heterocycles. The van der Waals surface area contributed by atoms with Crippen molar-refractivity contribution in [1.29, 1.82) is 0 Å². The van der Waals surface area contributed by atoms with Gasteiger partial charge in [0, 0.05) is 11.8 Å². The third-order valence-electron chi connectivity index (χ3n) is 5.25. The number of hydrogen-bond acceptors (Lipinski definition) is 2. The third-order valence-corrected chi connectivity index (χ3v) is 5.25. The van der Waals surface area contributed by atoms with Gasteiger partial charge in [0.05, 0.1) is 11.6 Å². The summed E-state index contributed by atoms with van der Waals surface area (Å²) in [5.74, 6) is 0.763. The predicted molar refractivity (Wildman–Crippen MR) is 108 cm³/mol. The second kappa shape index (κ2) is 6.44. The maximum absolute atomic E-state index is 12.9. The minimum absolute atomic E-state index is 0.00160. The zero-order valence-corrected chi connectivity index (χ0v) is 14.8. The zero-order valence-electron chi connectivity index (χ0n) is 14.8. The number of carbonyl (C=O) groups is 1. The molecule has 132 valence electrons. The Morgan fingerprint density at radius 1 is 0.815 bits per heavy atom. The van der Waals surface area contributed by atoms with Crippen molar-refractivity contribution in [2.45, 2.75) is 18.9 Å². The second-order valence-corrected chi connectivity index (χ2v) is 6.87. The van der Waals surface area contributed by atoms with E-state index in [1.165, 1.54) is 0 Å². The first-order chi connectivity index (χ1) is 13.3. The molecule has 1 fully saturated rings. The van der Waals surface area contributed by atoms with Gasteiger partial charge in [0.15, 0.2) is 0 Å². The molecular formula is C24H19NO2. The molecule has 3 nitrogen and oxygen atoms in total. The van der Waals surface area contributed by atoms with E-state index in [4.69, 9.17) is 4.42 Å². The van der Waals surface area contributed by atoms with Crippen LogP contribution in [0.1, 0.15) is 24.4 Å². The molecule has 0 radical (unpaired) electrons. The molecule has 3 heteroatoms. The van der Waals surface area contributed by atoms with E-state index in [1.54, 1.807) is 0 Å². The van der Waals surface area contributed by atoms with E-state index in [9.17, 15) is 4.79 Å². The highest BCUT2D eigenvalue weighted by molar-refractivity contribution is 6.06. The van der Waals surface area contributed by atoms with Gasteiger partial charge in [-0.2, -0.15) is 0 Å². The van der Waals surface area contributed by atoms with Crippen molar-refractivity contribution in [2.24, 2.45) is 0 Å². The first kappa shape index (κ1) is 15.9. The SMILES string of the molecule is O=C1CCC(c2ccccc2)N1c1oc2ccccc2c1-c1ccccc1. The lowest BCUT2D eigenvalue weighted by atomic mass is 10.0. The number of benzene rings is 3. The Balaban J connectivity index is 1.73. The van der Waals surface area contributed by atoms with Crippen molar-refractivity contribution >= 4 is 22.8 Å². The van der Waals surface area contributed by atoms with Crippen LogP contribution < -0.4 is 4.90 Å². The van der Waals surface area contributed by atoms with Crippen LogP contribution in [0.5, 0.6) is 0 Å². The first-order valence-corrected chi connectivity index (χ1v) is 9.27. The summed E-state index contributed by atoms with van der Waals surface area (Å²) in [6.07, 6.45) is 1.33. The average molecular weight is 353 g/mol. The van der Waals surface area contributed by atoms with Crippen LogP contribution in [0.2, 0.25) is 0 Å². The first-order valence-electron chi connectivity index (χ1n) is 9.27. The summed E-state index contributed by atoms with van der Waals surface area (Å²) in [5, 5.41) is 1.03. The predicted octanol–water partition coefficient (Wildman–Crippen LogP) is 5.97. The van der Waals surface area contributed by atoms with Crippen molar-refractivity contribution in [3.63, 3.8) is 0 Å². The van der Waals surface area contributed by atoms with Crippen LogP contribution >= 0.6 is 0 Å². The Bertz CT molecular complexity index is 1100. The van der Waals surface area contributed by atoms with E-state index < -0.39 is 0 Å². The number of furan rings is 1. The lowest BCUT2D eigenvalue weighted by Gasteiger charge is -2.24. The highest BCUT2D eigenvalue weighted by Crippen LogP contribution is 2.46. The summed E-state index contributed by atoms with van der Waals surface area (Å²) in [6.45, 7) is 0. The molecule has 0 N–H and O–H groups in total. The molecule has 1 aliphatic heterocycles. The van der Waals surface area contributed by atoms with Crippen LogP contribution in [0.25, 0.3) is 22.1 Å². The Kier molecular flexibility index (Phi) is 3.79. The van der Waals surface area contributed by atoms with Crippen molar-refractivity contribution < 1.29 is 9.21 Å².